The van der Waals surface area contributed by atoms with Gasteiger partial charge in [0.15, 0.2) is 0 Å². The largest absolute Gasteiger partial charge is 0.406 e. The van der Waals surface area contributed by atoms with E-state index in [-0.39, 0.29) is 19.0 Å². The van der Waals surface area contributed by atoms with E-state index in [1.807, 2.05) is 6.92 Å². The van der Waals surface area contributed by atoms with Crippen molar-refractivity contribution in [2.45, 2.75) is 19.5 Å². The quantitative estimate of drug-likeness (QED) is 0.518. The monoisotopic (exact) mass is 261 g/mol. The van der Waals surface area contributed by atoms with Gasteiger partial charge in [0, 0.05) is 19.0 Å². The minimum Gasteiger partial charge on any atom is -0.372 e. The summed E-state index contributed by atoms with van der Waals surface area (Å²) in [7, 11) is 0. The Hall–Kier alpha value is -0.490. The van der Waals surface area contributed by atoms with Crippen LogP contribution in [0.1, 0.15) is 13.3 Å². The zero-order valence-electron chi connectivity index (χ0n) is 9.02. The third-order valence-corrected chi connectivity index (χ3v) is 1.82. The number of carbonyl (C=O) groups excluding carboxylic acids is 1. The van der Waals surface area contributed by atoms with Gasteiger partial charge < -0.3 is 9.64 Å². The van der Waals surface area contributed by atoms with Crippen molar-refractivity contribution >= 4 is 17.5 Å². The predicted molar refractivity (Wildman–Crippen MR) is 54.5 cm³/mol. The lowest BCUT2D eigenvalue weighted by Crippen LogP contribution is -2.42. The van der Waals surface area contributed by atoms with Gasteiger partial charge in [-0.3, -0.25) is 4.79 Å². The number of rotatable bonds is 7. The highest BCUT2D eigenvalue weighted by atomic mass is 35.5. The minimum atomic E-state index is -4.41. The highest BCUT2D eigenvalue weighted by molar-refractivity contribution is 6.18. The molecule has 0 aromatic carbocycles. The molecule has 0 aliphatic rings. The fraction of sp³-hybridized carbons (Fsp3) is 0.889. The van der Waals surface area contributed by atoms with Crippen LogP contribution >= 0.6 is 11.6 Å². The zero-order valence-corrected chi connectivity index (χ0v) is 9.77. The average molecular weight is 262 g/mol. The fourth-order valence-corrected chi connectivity index (χ4v) is 1.21. The molecule has 3 nitrogen and oxygen atoms in total. The Balaban J connectivity index is 4.13. The molecule has 1 amide bonds. The first-order valence-electron chi connectivity index (χ1n) is 4.89. The average Bonchev–Trinajstić information content (AvgIpc) is 2.15. The summed E-state index contributed by atoms with van der Waals surface area (Å²) < 4.78 is 41.2. The topological polar surface area (TPSA) is 29.5 Å². The third kappa shape index (κ3) is 7.76. The SMILES string of the molecule is CCCOCC(=O)N(CCCl)CC(F)(F)F. The molecule has 0 aliphatic heterocycles. The Kier molecular flexibility index (Phi) is 7.49. The summed E-state index contributed by atoms with van der Waals surface area (Å²) in [6.45, 7) is 0.452. The van der Waals surface area contributed by atoms with Crippen LogP contribution < -0.4 is 0 Å². The predicted octanol–water partition coefficient (Wildman–Crippen LogP) is 2.04. The molecule has 0 heterocycles. The Morgan fingerprint density at radius 1 is 1.44 bits per heavy atom. The van der Waals surface area contributed by atoms with E-state index in [1.54, 1.807) is 0 Å². The summed E-state index contributed by atoms with van der Waals surface area (Å²) in [6.07, 6.45) is -3.70. The summed E-state index contributed by atoms with van der Waals surface area (Å²) in [5.41, 5.74) is 0. The van der Waals surface area contributed by atoms with Crippen molar-refractivity contribution in [3.8, 4) is 0 Å². The number of amides is 1. The molecular formula is C9H15ClF3NO2. The molecule has 0 N–H and O–H groups in total. The first kappa shape index (κ1) is 15.5. The minimum absolute atomic E-state index is 0.0321. The van der Waals surface area contributed by atoms with Crippen LogP contribution in [0.2, 0.25) is 0 Å². The second-order valence-corrected chi connectivity index (χ2v) is 3.55. The summed E-state index contributed by atoms with van der Waals surface area (Å²) in [6, 6.07) is 0. The highest BCUT2D eigenvalue weighted by Gasteiger charge is 2.32. The van der Waals surface area contributed by atoms with Crippen molar-refractivity contribution in [2.75, 3.05) is 32.2 Å². The molecule has 0 aromatic heterocycles. The molecule has 16 heavy (non-hydrogen) atoms. The summed E-state index contributed by atoms with van der Waals surface area (Å²) in [5.74, 6) is -0.721. The Bertz CT molecular complexity index is 211. The first-order valence-corrected chi connectivity index (χ1v) is 5.42. The van der Waals surface area contributed by atoms with Gasteiger partial charge in [0.1, 0.15) is 13.2 Å². The highest BCUT2D eigenvalue weighted by Crippen LogP contribution is 2.16. The number of hydrogen-bond acceptors (Lipinski definition) is 2. The van der Waals surface area contributed by atoms with Crippen molar-refractivity contribution in [3.05, 3.63) is 0 Å². The van der Waals surface area contributed by atoms with Crippen LogP contribution in [0.5, 0.6) is 0 Å². The van der Waals surface area contributed by atoms with Crippen LogP contribution in [0.3, 0.4) is 0 Å². The van der Waals surface area contributed by atoms with Gasteiger partial charge in [0.25, 0.3) is 0 Å². The summed E-state index contributed by atoms with van der Waals surface area (Å²) >= 11 is 5.33. The van der Waals surface area contributed by atoms with Crippen molar-refractivity contribution in [2.24, 2.45) is 0 Å². The number of alkyl halides is 4. The van der Waals surface area contributed by atoms with Crippen molar-refractivity contribution < 1.29 is 22.7 Å². The lowest BCUT2D eigenvalue weighted by Gasteiger charge is -2.22. The number of ether oxygens (including phenoxy) is 1. The molecule has 0 unspecified atom stereocenters. The van der Waals surface area contributed by atoms with Gasteiger partial charge in [0.2, 0.25) is 5.91 Å². The number of nitrogens with zero attached hydrogens (tertiary/aromatic N) is 1. The van der Waals surface area contributed by atoms with E-state index in [0.29, 0.717) is 17.9 Å². The standard InChI is InChI=1S/C9H15ClF3NO2/c1-2-5-16-6-8(15)14(4-3-10)7-9(11,12)13/h2-7H2,1H3. The van der Waals surface area contributed by atoms with Gasteiger partial charge in [-0.1, -0.05) is 6.92 Å². The van der Waals surface area contributed by atoms with Gasteiger partial charge in [0.05, 0.1) is 0 Å². The van der Waals surface area contributed by atoms with Gasteiger partial charge in [-0.15, -0.1) is 11.6 Å². The smallest absolute Gasteiger partial charge is 0.372 e. The molecule has 0 rings (SSSR count). The Morgan fingerprint density at radius 2 is 2.06 bits per heavy atom. The number of halogens is 4. The van der Waals surface area contributed by atoms with E-state index >= 15 is 0 Å². The molecular weight excluding hydrogens is 247 g/mol. The number of hydrogen-bond donors (Lipinski definition) is 0. The van der Waals surface area contributed by atoms with Gasteiger partial charge in [-0.2, -0.15) is 13.2 Å². The van der Waals surface area contributed by atoms with Gasteiger partial charge in [-0.05, 0) is 6.42 Å². The lowest BCUT2D eigenvalue weighted by atomic mass is 10.4. The molecule has 0 bridgehead atoms. The normalized spacial score (nSPS) is 11.6. The summed E-state index contributed by atoms with van der Waals surface area (Å²) in [4.78, 5) is 12.0. The third-order valence-electron chi connectivity index (χ3n) is 1.65. The molecule has 0 radical (unpaired) electrons. The second-order valence-electron chi connectivity index (χ2n) is 3.17. The molecule has 0 aliphatic carbocycles. The molecule has 0 spiro atoms. The fourth-order valence-electron chi connectivity index (χ4n) is 1.01. The van der Waals surface area contributed by atoms with E-state index < -0.39 is 18.6 Å². The Labute approximate surface area is 97.5 Å². The van der Waals surface area contributed by atoms with Crippen LogP contribution in [-0.4, -0.2) is 49.2 Å². The van der Waals surface area contributed by atoms with Crippen LogP contribution in [0, 0.1) is 0 Å². The van der Waals surface area contributed by atoms with E-state index in [4.69, 9.17) is 16.3 Å². The molecule has 0 fully saturated rings. The van der Waals surface area contributed by atoms with Gasteiger partial charge in [-0.25, -0.2) is 0 Å². The maximum Gasteiger partial charge on any atom is 0.406 e. The molecule has 96 valence electrons. The molecule has 0 saturated heterocycles. The van der Waals surface area contributed by atoms with E-state index in [2.05, 4.69) is 0 Å². The number of carbonyl (C=O) groups is 1. The van der Waals surface area contributed by atoms with Crippen molar-refractivity contribution in [3.63, 3.8) is 0 Å². The van der Waals surface area contributed by atoms with Crippen LogP contribution in [0.25, 0.3) is 0 Å². The Morgan fingerprint density at radius 3 is 2.50 bits per heavy atom. The van der Waals surface area contributed by atoms with Crippen molar-refractivity contribution in [1.82, 2.24) is 4.90 Å². The summed E-state index contributed by atoms with van der Waals surface area (Å²) in [5, 5.41) is 0. The first-order chi connectivity index (χ1) is 7.40. The van der Waals surface area contributed by atoms with Gasteiger partial charge >= 0.3 is 6.18 Å². The second kappa shape index (κ2) is 7.73. The molecule has 0 atom stereocenters. The molecule has 0 saturated carbocycles. The van der Waals surface area contributed by atoms with E-state index in [9.17, 15) is 18.0 Å². The van der Waals surface area contributed by atoms with E-state index in [0.717, 1.165) is 0 Å². The van der Waals surface area contributed by atoms with E-state index in [1.165, 1.54) is 0 Å². The maximum absolute atomic E-state index is 12.1. The van der Waals surface area contributed by atoms with Crippen molar-refractivity contribution in [1.29, 1.82) is 0 Å². The van der Waals surface area contributed by atoms with Crippen LogP contribution in [0.4, 0.5) is 13.2 Å². The lowest BCUT2D eigenvalue weighted by molar-refractivity contribution is -0.163. The van der Waals surface area contributed by atoms with Crippen LogP contribution in [-0.2, 0) is 9.53 Å². The zero-order chi connectivity index (χ0) is 12.6. The molecule has 0 aromatic rings. The maximum atomic E-state index is 12.1. The van der Waals surface area contributed by atoms with Crippen LogP contribution in [0.15, 0.2) is 0 Å². The molecule has 7 heteroatoms.